The molecule has 0 spiro atoms. The Balaban J connectivity index is 1.24. The Hall–Kier alpha value is -3.53. The van der Waals surface area contributed by atoms with Crippen LogP contribution in [0, 0.1) is 5.92 Å². The van der Waals surface area contributed by atoms with Crippen molar-refractivity contribution in [3.8, 4) is 5.75 Å². The van der Waals surface area contributed by atoms with Crippen molar-refractivity contribution in [2.24, 2.45) is 13.0 Å². The van der Waals surface area contributed by atoms with Crippen LogP contribution in [-0.2, 0) is 20.1 Å². The van der Waals surface area contributed by atoms with Crippen LogP contribution in [0.2, 0.25) is 0 Å². The van der Waals surface area contributed by atoms with Crippen LogP contribution in [0.4, 0.5) is 0 Å². The van der Waals surface area contributed by atoms with E-state index in [2.05, 4.69) is 42.5 Å². The lowest BCUT2D eigenvalue weighted by Gasteiger charge is -2.32. The predicted octanol–water partition coefficient (Wildman–Crippen LogP) is 5.85. The molecule has 3 aromatic carbocycles. The topological polar surface area (TPSA) is 34.5 Å². The number of rotatable bonds is 6. The molecule has 2 heterocycles. The van der Waals surface area contributed by atoms with Crippen LogP contribution in [0.25, 0.3) is 10.9 Å². The van der Waals surface area contributed by atoms with Gasteiger partial charge in [0.15, 0.2) is 0 Å². The molecule has 0 N–H and O–H groups in total. The van der Waals surface area contributed by atoms with Gasteiger partial charge in [0.05, 0.1) is 5.52 Å². The van der Waals surface area contributed by atoms with E-state index in [0.717, 1.165) is 60.3 Å². The van der Waals surface area contributed by atoms with Crippen LogP contribution < -0.4 is 4.74 Å². The van der Waals surface area contributed by atoms with Gasteiger partial charge in [-0.2, -0.15) is 0 Å². The van der Waals surface area contributed by atoms with E-state index in [1.165, 1.54) is 5.56 Å². The maximum Gasteiger partial charge on any atom is 0.270 e. The molecule has 0 atom stereocenters. The van der Waals surface area contributed by atoms with Crippen LogP contribution in [-0.4, -0.2) is 28.5 Å². The first-order valence-corrected chi connectivity index (χ1v) is 11.8. The number of hydrogen-bond donors (Lipinski definition) is 0. The van der Waals surface area contributed by atoms with Crippen LogP contribution in [0.3, 0.4) is 0 Å². The van der Waals surface area contributed by atoms with Crippen molar-refractivity contribution < 1.29 is 9.53 Å². The monoisotopic (exact) mass is 438 g/mol. The van der Waals surface area contributed by atoms with E-state index in [9.17, 15) is 4.79 Å². The fourth-order valence-corrected chi connectivity index (χ4v) is 4.80. The van der Waals surface area contributed by atoms with E-state index in [1.807, 2.05) is 59.0 Å². The van der Waals surface area contributed by atoms with Crippen molar-refractivity contribution in [1.82, 2.24) is 9.47 Å². The number of piperidine rings is 1. The normalized spacial score (nSPS) is 14.5. The molecule has 4 nitrogen and oxygen atoms in total. The van der Waals surface area contributed by atoms with E-state index in [0.29, 0.717) is 12.5 Å². The third-order valence-electron chi connectivity index (χ3n) is 6.75. The fourth-order valence-electron chi connectivity index (χ4n) is 4.80. The second kappa shape index (κ2) is 9.53. The van der Waals surface area contributed by atoms with Gasteiger partial charge in [0.25, 0.3) is 5.91 Å². The summed E-state index contributed by atoms with van der Waals surface area (Å²) in [4.78, 5) is 15.3. The van der Waals surface area contributed by atoms with Crippen molar-refractivity contribution >= 4 is 16.8 Å². The molecule has 1 aromatic heterocycles. The summed E-state index contributed by atoms with van der Waals surface area (Å²) in [7, 11) is 1.97. The second-order valence-electron chi connectivity index (χ2n) is 9.01. The van der Waals surface area contributed by atoms with Gasteiger partial charge in [-0.15, -0.1) is 0 Å². The zero-order valence-electron chi connectivity index (χ0n) is 19.1. The molecule has 1 fully saturated rings. The molecule has 0 bridgehead atoms. The van der Waals surface area contributed by atoms with Crippen molar-refractivity contribution in [3.63, 3.8) is 0 Å². The standard InChI is InChI=1S/C29H30N2O2/c1-30-27-20-26(33-21-24-10-6-3-7-11-24)13-12-25(27)19-28(30)29(32)31-16-14-23(15-17-31)18-22-8-4-2-5-9-22/h2-13,19-20,23H,14-18,21H2,1H3. The first-order valence-electron chi connectivity index (χ1n) is 11.8. The molecule has 0 unspecified atom stereocenters. The quantitative estimate of drug-likeness (QED) is 0.378. The van der Waals surface area contributed by atoms with E-state index in [4.69, 9.17) is 4.74 Å². The predicted molar refractivity (Wildman–Crippen MR) is 132 cm³/mol. The summed E-state index contributed by atoms with van der Waals surface area (Å²) in [6, 6.07) is 28.9. The maximum atomic E-state index is 13.3. The Labute approximate surface area is 195 Å². The first kappa shape index (κ1) is 21.3. The van der Waals surface area contributed by atoms with E-state index < -0.39 is 0 Å². The average Bonchev–Trinajstić information content (AvgIpc) is 3.20. The van der Waals surface area contributed by atoms with Crippen molar-refractivity contribution in [2.75, 3.05) is 13.1 Å². The van der Waals surface area contributed by atoms with Gasteiger partial charge in [0.1, 0.15) is 18.1 Å². The summed E-state index contributed by atoms with van der Waals surface area (Å²) in [5.74, 6) is 1.58. The number of benzene rings is 3. The summed E-state index contributed by atoms with van der Waals surface area (Å²) in [6.45, 7) is 2.17. The first-order chi connectivity index (χ1) is 16.2. The highest BCUT2D eigenvalue weighted by atomic mass is 16.5. The Morgan fingerprint density at radius 1 is 0.879 bits per heavy atom. The number of nitrogens with zero attached hydrogens (tertiary/aromatic N) is 2. The molecule has 33 heavy (non-hydrogen) atoms. The molecule has 0 aliphatic carbocycles. The lowest BCUT2D eigenvalue weighted by Crippen LogP contribution is -2.39. The summed E-state index contributed by atoms with van der Waals surface area (Å²) in [5.41, 5.74) is 4.28. The van der Waals surface area contributed by atoms with Crippen molar-refractivity contribution in [1.29, 1.82) is 0 Å². The zero-order chi connectivity index (χ0) is 22.6. The number of carbonyl (C=O) groups is 1. The van der Waals surface area contributed by atoms with Gasteiger partial charge in [0, 0.05) is 31.6 Å². The molecule has 1 saturated heterocycles. The molecule has 4 aromatic rings. The Kier molecular flexibility index (Phi) is 6.16. The van der Waals surface area contributed by atoms with Crippen LogP contribution in [0.1, 0.15) is 34.5 Å². The number of hydrogen-bond acceptors (Lipinski definition) is 2. The molecule has 0 saturated carbocycles. The average molecular weight is 439 g/mol. The van der Waals surface area contributed by atoms with Gasteiger partial charge < -0.3 is 14.2 Å². The van der Waals surface area contributed by atoms with Gasteiger partial charge in [-0.3, -0.25) is 4.79 Å². The molecule has 1 amide bonds. The number of likely N-dealkylation sites (tertiary alicyclic amines) is 1. The molecule has 168 valence electrons. The van der Waals surface area contributed by atoms with Gasteiger partial charge in [-0.05, 0) is 54.5 Å². The van der Waals surface area contributed by atoms with Crippen molar-refractivity contribution in [2.45, 2.75) is 25.9 Å². The summed E-state index contributed by atoms with van der Waals surface area (Å²) in [5, 5.41) is 1.06. The van der Waals surface area contributed by atoms with E-state index in [1.54, 1.807) is 0 Å². The van der Waals surface area contributed by atoms with Crippen LogP contribution in [0.15, 0.2) is 84.9 Å². The van der Waals surface area contributed by atoms with Gasteiger partial charge in [0.2, 0.25) is 0 Å². The Bertz CT molecular complexity index is 1220. The molecule has 0 radical (unpaired) electrons. The second-order valence-corrected chi connectivity index (χ2v) is 9.01. The molecular weight excluding hydrogens is 408 g/mol. The maximum absolute atomic E-state index is 13.3. The number of fused-ring (bicyclic) bond motifs is 1. The SMILES string of the molecule is Cn1c(C(=O)N2CCC(Cc3ccccc3)CC2)cc2ccc(OCc3ccccc3)cc21. The highest BCUT2D eigenvalue weighted by Crippen LogP contribution is 2.27. The van der Waals surface area contributed by atoms with Crippen molar-refractivity contribution in [3.05, 3.63) is 102 Å². The number of aromatic nitrogens is 1. The Morgan fingerprint density at radius 2 is 1.55 bits per heavy atom. The van der Waals surface area contributed by atoms with Crippen LogP contribution in [0.5, 0.6) is 5.75 Å². The minimum Gasteiger partial charge on any atom is -0.489 e. The minimum absolute atomic E-state index is 0.124. The third-order valence-corrected chi connectivity index (χ3v) is 6.75. The summed E-state index contributed by atoms with van der Waals surface area (Å²) in [6.07, 6.45) is 3.22. The van der Waals surface area contributed by atoms with Gasteiger partial charge >= 0.3 is 0 Å². The van der Waals surface area contributed by atoms with E-state index >= 15 is 0 Å². The summed E-state index contributed by atoms with van der Waals surface area (Å²) >= 11 is 0. The smallest absolute Gasteiger partial charge is 0.270 e. The number of aryl methyl sites for hydroxylation is 1. The highest BCUT2D eigenvalue weighted by molar-refractivity contribution is 5.99. The molecule has 4 heteroatoms. The zero-order valence-corrected chi connectivity index (χ0v) is 19.1. The lowest BCUT2D eigenvalue weighted by atomic mass is 9.90. The van der Waals surface area contributed by atoms with Crippen LogP contribution >= 0.6 is 0 Å². The molecule has 1 aliphatic rings. The van der Waals surface area contributed by atoms with Gasteiger partial charge in [-0.25, -0.2) is 0 Å². The minimum atomic E-state index is 0.124. The fraction of sp³-hybridized carbons (Fsp3) is 0.276. The number of amides is 1. The largest absolute Gasteiger partial charge is 0.489 e. The molecule has 5 rings (SSSR count). The molecular formula is C29H30N2O2. The lowest BCUT2D eigenvalue weighted by molar-refractivity contribution is 0.0681. The highest BCUT2D eigenvalue weighted by Gasteiger charge is 2.26. The molecule has 1 aliphatic heterocycles. The van der Waals surface area contributed by atoms with E-state index in [-0.39, 0.29) is 5.91 Å². The third kappa shape index (κ3) is 4.80. The number of ether oxygens (including phenoxy) is 1. The number of carbonyl (C=O) groups excluding carboxylic acids is 1. The Morgan fingerprint density at radius 3 is 2.24 bits per heavy atom. The van der Waals surface area contributed by atoms with Gasteiger partial charge in [-0.1, -0.05) is 60.7 Å². The summed E-state index contributed by atoms with van der Waals surface area (Å²) < 4.78 is 8.00.